The molecule has 0 saturated heterocycles. The first-order valence-electron chi connectivity index (χ1n) is 7.92. The summed E-state index contributed by atoms with van der Waals surface area (Å²) >= 11 is 5.97. The summed E-state index contributed by atoms with van der Waals surface area (Å²) in [7, 11) is 0. The topological polar surface area (TPSA) is 62.9 Å². The first-order chi connectivity index (χ1) is 12.5. The molecule has 1 amide bonds. The highest BCUT2D eigenvalue weighted by Gasteiger charge is 2.28. The molecule has 1 aliphatic heterocycles. The molecule has 0 unspecified atom stereocenters. The average molecular weight is 365 g/mol. The Morgan fingerprint density at radius 2 is 1.88 bits per heavy atom. The van der Waals surface area contributed by atoms with E-state index in [2.05, 4.69) is 5.10 Å². The predicted octanol–water partition coefficient (Wildman–Crippen LogP) is 4.25. The van der Waals surface area contributed by atoms with Crippen molar-refractivity contribution in [1.29, 1.82) is 0 Å². The van der Waals surface area contributed by atoms with Crippen LogP contribution in [-0.4, -0.2) is 11.6 Å². The summed E-state index contributed by atoms with van der Waals surface area (Å²) in [6.45, 7) is 1.73. The summed E-state index contributed by atoms with van der Waals surface area (Å²) in [6.07, 6.45) is 2.85. The monoisotopic (exact) mass is 364 g/mol. The van der Waals surface area contributed by atoms with E-state index in [4.69, 9.17) is 16.0 Å². The Balaban J connectivity index is 1.79. The maximum atomic E-state index is 12.7. The van der Waals surface area contributed by atoms with Crippen LogP contribution in [0.15, 0.2) is 74.7 Å². The van der Waals surface area contributed by atoms with Crippen LogP contribution in [-0.2, 0) is 4.79 Å². The van der Waals surface area contributed by atoms with E-state index < -0.39 is 0 Å². The largest absolute Gasteiger partial charge is 0.463 e. The summed E-state index contributed by atoms with van der Waals surface area (Å²) in [6, 6.07) is 14.0. The molecule has 4 rings (SSSR count). The lowest BCUT2D eigenvalue weighted by Gasteiger charge is -2.10. The van der Waals surface area contributed by atoms with Gasteiger partial charge in [-0.15, -0.1) is 0 Å². The standard InChI is InChI=1S/C20H13ClN2O3/c1-12-16(20(25)23(22-12)15-5-3-2-4-6-15)9-13-11-26-18-8-7-14(21)10-17(18)19(13)24/h2-11H,1H3. The van der Waals surface area contributed by atoms with Crippen molar-refractivity contribution in [3.8, 4) is 0 Å². The van der Waals surface area contributed by atoms with Crippen molar-refractivity contribution >= 4 is 46.0 Å². The molecule has 1 aromatic heterocycles. The van der Waals surface area contributed by atoms with Crippen molar-refractivity contribution in [3.05, 3.63) is 81.2 Å². The lowest BCUT2D eigenvalue weighted by atomic mass is 10.1. The number of anilines is 1. The number of rotatable bonds is 2. The maximum absolute atomic E-state index is 12.7. The van der Waals surface area contributed by atoms with E-state index in [1.54, 1.807) is 37.3 Å². The fourth-order valence-corrected chi connectivity index (χ4v) is 2.97. The van der Waals surface area contributed by atoms with Crippen molar-refractivity contribution in [2.75, 3.05) is 5.01 Å². The number of nitrogens with zero attached hydrogens (tertiary/aromatic N) is 2. The highest BCUT2D eigenvalue weighted by Crippen LogP contribution is 2.25. The second kappa shape index (κ2) is 6.28. The first-order valence-corrected chi connectivity index (χ1v) is 8.30. The van der Waals surface area contributed by atoms with Crippen molar-refractivity contribution < 1.29 is 9.21 Å². The molecule has 6 heteroatoms. The van der Waals surface area contributed by atoms with Gasteiger partial charge in [0.2, 0.25) is 0 Å². The van der Waals surface area contributed by atoms with Gasteiger partial charge in [-0.1, -0.05) is 29.8 Å². The van der Waals surface area contributed by atoms with Gasteiger partial charge in [0.05, 0.1) is 27.9 Å². The van der Waals surface area contributed by atoms with Gasteiger partial charge in [-0.3, -0.25) is 9.59 Å². The van der Waals surface area contributed by atoms with Crippen molar-refractivity contribution in [3.63, 3.8) is 0 Å². The van der Waals surface area contributed by atoms with Crippen LogP contribution in [0.1, 0.15) is 12.5 Å². The summed E-state index contributed by atoms with van der Waals surface area (Å²) in [5.74, 6) is -0.292. The van der Waals surface area contributed by atoms with Crippen LogP contribution < -0.4 is 10.4 Å². The minimum absolute atomic E-state index is 0.250. The number of halogens is 1. The Kier molecular flexibility index (Phi) is 3.93. The molecule has 1 aliphatic rings. The summed E-state index contributed by atoms with van der Waals surface area (Å²) < 4.78 is 5.50. The van der Waals surface area contributed by atoms with Crippen LogP contribution in [0.2, 0.25) is 5.02 Å². The van der Waals surface area contributed by atoms with Crippen LogP contribution in [0.4, 0.5) is 5.69 Å². The van der Waals surface area contributed by atoms with Crippen molar-refractivity contribution in [2.45, 2.75) is 6.92 Å². The Labute approximate surface area is 153 Å². The van der Waals surface area contributed by atoms with Gasteiger partial charge in [-0.05, 0) is 43.3 Å². The van der Waals surface area contributed by atoms with Crippen molar-refractivity contribution in [2.24, 2.45) is 5.10 Å². The molecule has 2 aromatic carbocycles. The third-order valence-corrected chi connectivity index (χ3v) is 4.36. The average Bonchev–Trinajstić information content (AvgIpc) is 2.93. The van der Waals surface area contributed by atoms with Crippen LogP contribution in [0.25, 0.3) is 17.0 Å². The van der Waals surface area contributed by atoms with Gasteiger partial charge in [0.15, 0.2) is 5.43 Å². The Bertz CT molecular complexity index is 1150. The van der Waals surface area contributed by atoms with Crippen LogP contribution in [0.3, 0.4) is 0 Å². The van der Waals surface area contributed by atoms with Gasteiger partial charge in [-0.2, -0.15) is 10.1 Å². The summed E-state index contributed by atoms with van der Waals surface area (Å²) in [4.78, 5) is 25.4. The van der Waals surface area contributed by atoms with Gasteiger partial charge in [0, 0.05) is 5.02 Å². The van der Waals surface area contributed by atoms with Crippen LogP contribution in [0.5, 0.6) is 0 Å². The molecular formula is C20H13ClN2O3. The fourth-order valence-electron chi connectivity index (χ4n) is 2.80. The molecule has 0 saturated carbocycles. The molecule has 128 valence electrons. The van der Waals surface area contributed by atoms with Gasteiger partial charge < -0.3 is 4.42 Å². The number of hydrazone groups is 1. The number of carbonyl (C=O) groups excluding carboxylic acids is 1. The van der Waals surface area contributed by atoms with E-state index in [1.807, 2.05) is 18.2 Å². The van der Waals surface area contributed by atoms with E-state index in [9.17, 15) is 9.59 Å². The number of para-hydroxylation sites is 1. The van der Waals surface area contributed by atoms with E-state index in [0.717, 1.165) is 0 Å². The number of hydrogen-bond acceptors (Lipinski definition) is 4. The molecule has 3 aromatic rings. The van der Waals surface area contributed by atoms with E-state index in [1.165, 1.54) is 17.3 Å². The van der Waals surface area contributed by atoms with Gasteiger partial charge in [-0.25, -0.2) is 0 Å². The number of benzene rings is 2. The molecule has 0 bridgehead atoms. The zero-order valence-corrected chi connectivity index (χ0v) is 14.5. The van der Waals surface area contributed by atoms with Crippen LogP contribution in [0, 0.1) is 0 Å². The highest BCUT2D eigenvalue weighted by atomic mass is 35.5. The first kappa shape index (κ1) is 16.3. The molecule has 0 fully saturated rings. The molecule has 2 heterocycles. The van der Waals surface area contributed by atoms with Gasteiger partial charge >= 0.3 is 0 Å². The molecule has 5 nitrogen and oxygen atoms in total. The number of carbonyl (C=O) groups is 1. The lowest BCUT2D eigenvalue weighted by molar-refractivity contribution is -0.114. The summed E-state index contributed by atoms with van der Waals surface area (Å²) in [5, 5.41) is 6.43. The predicted molar refractivity (Wildman–Crippen MR) is 103 cm³/mol. The molecule has 0 spiro atoms. The fraction of sp³-hybridized carbons (Fsp3) is 0.0500. The quantitative estimate of drug-likeness (QED) is 0.638. The van der Waals surface area contributed by atoms with Crippen molar-refractivity contribution in [1.82, 2.24) is 0 Å². The van der Waals surface area contributed by atoms with E-state index in [-0.39, 0.29) is 16.9 Å². The van der Waals surface area contributed by atoms with Gasteiger partial charge in [0.25, 0.3) is 5.91 Å². The summed E-state index contributed by atoms with van der Waals surface area (Å²) in [5.41, 5.74) is 2.01. The second-order valence-electron chi connectivity index (χ2n) is 5.86. The minimum Gasteiger partial charge on any atom is -0.463 e. The zero-order chi connectivity index (χ0) is 18.3. The number of amides is 1. The minimum atomic E-state index is -0.292. The second-order valence-corrected chi connectivity index (χ2v) is 6.29. The molecular weight excluding hydrogens is 352 g/mol. The Morgan fingerprint density at radius 1 is 1.12 bits per heavy atom. The number of fused-ring (bicyclic) bond motifs is 1. The number of hydrogen-bond donors (Lipinski definition) is 0. The van der Waals surface area contributed by atoms with Gasteiger partial charge in [0.1, 0.15) is 11.8 Å². The smallest absolute Gasteiger partial charge is 0.280 e. The third-order valence-electron chi connectivity index (χ3n) is 4.12. The molecule has 0 aliphatic carbocycles. The molecule has 0 radical (unpaired) electrons. The SMILES string of the molecule is CC1=NN(c2ccccc2)C(=O)C1=Cc1coc2ccc(Cl)cc2c1=O. The van der Waals surface area contributed by atoms with E-state index >= 15 is 0 Å². The highest BCUT2D eigenvalue weighted by molar-refractivity contribution is 6.32. The molecule has 0 N–H and O–H groups in total. The Hall–Kier alpha value is -3.18. The zero-order valence-electron chi connectivity index (χ0n) is 13.8. The third kappa shape index (κ3) is 2.72. The Morgan fingerprint density at radius 3 is 2.65 bits per heavy atom. The van der Waals surface area contributed by atoms with E-state index in [0.29, 0.717) is 33.0 Å². The maximum Gasteiger partial charge on any atom is 0.280 e. The normalized spacial score (nSPS) is 15.8. The molecule has 0 atom stereocenters. The molecule has 26 heavy (non-hydrogen) atoms. The lowest BCUT2D eigenvalue weighted by Crippen LogP contribution is -2.21. The van der Waals surface area contributed by atoms with Crippen LogP contribution >= 0.6 is 11.6 Å².